The topological polar surface area (TPSA) is 24.1 Å². The van der Waals surface area contributed by atoms with E-state index < -0.39 is 0 Å². The molecule has 2 nitrogen and oxygen atoms in total. The van der Waals surface area contributed by atoms with E-state index in [2.05, 4.69) is 52.2 Å². The molecule has 0 radical (unpaired) electrons. The highest BCUT2D eigenvalue weighted by Gasteiger charge is 2.21. The van der Waals surface area contributed by atoms with E-state index in [4.69, 9.17) is 0 Å². The minimum atomic E-state index is 0.569. The van der Waals surface area contributed by atoms with E-state index in [-0.39, 0.29) is 0 Å². The van der Waals surface area contributed by atoms with E-state index in [0.29, 0.717) is 10.8 Å². The second kappa shape index (κ2) is 15.9. The molecular formula is C24H52N2. The third-order valence-electron chi connectivity index (χ3n) is 6.72. The quantitative estimate of drug-likeness (QED) is 0.241. The number of hydrogen-bond donors (Lipinski definition) is 2. The van der Waals surface area contributed by atoms with Crippen molar-refractivity contribution in [3.63, 3.8) is 0 Å². The molecule has 0 aromatic rings. The van der Waals surface area contributed by atoms with Crippen molar-refractivity contribution in [2.24, 2.45) is 10.8 Å². The van der Waals surface area contributed by atoms with E-state index >= 15 is 0 Å². The standard InChI is InChI=1S/C24H52N2/c1-7-11-15-23(5,9-3)17-13-19-25-21-22-26-20-14-18-24(6,10-4)16-12-8-2/h25-26H,7-22H2,1-6H3. The zero-order chi connectivity index (χ0) is 19.7. The maximum absolute atomic E-state index is 3.62. The van der Waals surface area contributed by atoms with E-state index in [9.17, 15) is 0 Å². The van der Waals surface area contributed by atoms with Gasteiger partial charge in [0, 0.05) is 13.1 Å². The summed E-state index contributed by atoms with van der Waals surface area (Å²) in [7, 11) is 0. The van der Waals surface area contributed by atoms with Crippen molar-refractivity contribution in [3.8, 4) is 0 Å². The predicted molar refractivity (Wildman–Crippen MR) is 120 cm³/mol. The number of hydrogen-bond acceptors (Lipinski definition) is 2. The molecule has 0 aromatic carbocycles. The Labute approximate surface area is 166 Å². The molecule has 0 aliphatic rings. The zero-order valence-electron chi connectivity index (χ0n) is 19.3. The SMILES string of the molecule is CCCCC(C)(CC)CCCNCCNCCCC(C)(CC)CCCC. The van der Waals surface area contributed by atoms with Gasteiger partial charge in [-0.1, -0.05) is 80.1 Å². The summed E-state index contributed by atoms with van der Waals surface area (Å²) in [6.07, 6.45) is 16.3. The van der Waals surface area contributed by atoms with Crippen LogP contribution < -0.4 is 10.6 Å². The Morgan fingerprint density at radius 3 is 1.15 bits per heavy atom. The van der Waals surface area contributed by atoms with Gasteiger partial charge in [0.1, 0.15) is 0 Å². The fourth-order valence-electron chi connectivity index (χ4n) is 3.87. The third-order valence-corrected chi connectivity index (χ3v) is 6.72. The molecule has 0 rings (SSSR count). The zero-order valence-corrected chi connectivity index (χ0v) is 19.3. The van der Waals surface area contributed by atoms with Crippen molar-refractivity contribution in [1.82, 2.24) is 10.6 Å². The molecule has 0 heterocycles. The summed E-state index contributed by atoms with van der Waals surface area (Å²) in [4.78, 5) is 0. The molecular weight excluding hydrogens is 316 g/mol. The van der Waals surface area contributed by atoms with E-state index in [1.165, 1.54) is 90.1 Å². The molecule has 26 heavy (non-hydrogen) atoms. The minimum Gasteiger partial charge on any atom is -0.315 e. The molecule has 2 atom stereocenters. The molecule has 0 aliphatic carbocycles. The van der Waals surface area contributed by atoms with Crippen molar-refractivity contribution in [3.05, 3.63) is 0 Å². The number of unbranched alkanes of at least 4 members (excludes halogenated alkanes) is 2. The largest absolute Gasteiger partial charge is 0.315 e. The maximum atomic E-state index is 3.62. The average Bonchev–Trinajstić information content (AvgIpc) is 2.66. The lowest BCUT2D eigenvalue weighted by Crippen LogP contribution is -2.29. The Morgan fingerprint density at radius 2 is 0.846 bits per heavy atom. The van der Waals surface area contributed by atoms with Gasteiger partial charge in [-0.2, -0.15) is 0 Å². The normalized spacial score (nSPS) is 16.4. The Bertz CT molecular complexity index is 275. The van der Waals surface area contributed by atoms with Crippen LogP contribution in [-0.4, -0.2) is 26.2 Å². The number of rotatable bonds is 19. The van der Waals surface area contributed by atoms with Crippen LogP contribution in [0.4, 0.5) is 0 Å². The van der Waals surface area contributed by atoms with Gasteiger partial charge in [-0.3, -0.25) is 0 Å². The van der Waals surface area contributed by atoms with Crippen LogP contribution in [0.25, 0.3) is 0 Å². The van der Waals surface area contributed by atoms with Crippen LogP contribution in [0, 0.1) is 10.8 Å². The second-order valence-corrected chi connectivity index (χ2v) is 9.24. The molecule has 2 N–H and O–H groups in total. The van der Waals surface area contributed by atoms with E-state index in [0.717, 1.165) is 13.1 Å². The monoisotopic (exact) mass is 368 g/mol. The minimum absolute atomic E-state index is 0.569. The average molecular weight is 369 g/mol. The first-order chi connectivity index (χ1) is 12.4. The van der Waals surface area contributed by atoms with Gasteiger partial charge in [-0.05, 0) is 62.4 Å². The lowest BCUT2D eigenvalue weighted by molar-refractivity contribution is 0.244. The molecule has 0 aliphatic heterocycles. The van der Waals surface area contributed by atoms with Crippen molar-refractivity contribution in [2.45, 2.75) is 119 Å². The van der Waals surface area contributed by atoms with Gasteiger partial charge < -0.3 is 10.6 Å². The number of nitrogens with one attached hydrogen (secondary N) is 2. The Kier molecular flexibility index (Phi) is 15.9. The first kappa shape index (κ1) is 25.9. The second-order valence-electron chi connectivity index (χ2n) is 9.24. The fraction of sp³-hybridized carbons (Fsp3) is 1.00. The summed E-state index contributed by atoms with van der Waals surface area (Å²) in [6.45, 7) is 18.9. The summed E-state index contributed by atoms with van der Waals surface area (Å²) < 4.78 is 0. The fourth-order valence-corrected chi connectivity index (χ4v) is 3.87. The van der Waals surface area contributed by atoms with Gasteiger partial charge in [0.25, 0.3) is 0 Å². The molecule has 0 spiro atoms. The highest BCUT2D eigenvalue weighted by atomic mass is 14.9. The van der Waals surface area contributed by atoms with Gasteiger partial charge in [0.05, 0.1) is 0 Å². The van der Waals surface area contributed by atoms with Crippen molar-refractivity contribution < 1.29 is 0 Å². The van der Waals surface area contributed by atoms with Crippen molar-refractivity contribution >= 4 is 0 Å². The van der Waals surface area contributed by atoms with Gasteiger partial charge in [-0.15, -0.1) is 0 Å². The summed E-state index contributed by atoms with van der Waals surface area (Å²) in [5, 5.41) is 7.24. The van der Waals surface area contributed by atoms with Crippen molar-refractivity contribution in [1.29, 1.82) is 0 Å². The molecule has 0 amide bonds. The van der Waals surface area contributed by atoms with Crippen molar-refractivity contribution in [2.75, 3.05) is 26.2 Å². The van der Waals surface area contributed by atoms with Crippen LogP contribution in [0.3, 0.4) is 0 Å². The molecule has 0 aromatic heterocycles. The Hall–Kier alpha value is -0.0800. The smallest absolute Gasteiger partial charge is 0.00767 e. The first-order valence-electron chi connectivity index (χ1n) is 11.9. The summed E-state index contributed by atoms with van der Waals surface area (Å²) in [5.74, 6) is 0. The maximum Gasteiger partial charge on any atom is 0.00767 e. The van der Waals surface area contributed by atoms with Crippen LogP contribution in [0.2, 0.25) is 0 Å². The Balaban J connectivity index is 3.58. The lowest BCUT2D eigenvalue weighted by atomic mass is 9.78. The molecule has 2 heteroatoms. The van der Waals surface area contributed by atoms with Gasteiger partial charge >= 0.3 is 0 Å². The predicted octanol–water partition coefficient (Wildman–Crippen LogP) is 6.94. The van der Waals surface area contributed by atoms with E-state index in [1.54, 1.807) is 0 Å². The van der Waals surface area contributed by atoms with Crippen LogP contribution in [0.1, 0.15) is 119 Å². The molecule has 2 unspecified atom stereocenters. The lowest BCUT2D eigenvalue weighted by Gasteiger charge is -2.28. The summed E-state index contributed by atoms with van der Waals surface area (Å²) in [6, 6.07) is 0. The molecule has 158 valence electrons. The van der Waals surface area contributed by atoms with Crippen LogP contribution in [-0.2, 0) is 0 Å². The molecule has 0 bridgehead atoms. The van der Waals surface area contributed by atoms with Crippen LogP contribution in [0.5, 0.6) is 0 Å². The summed E-state index contributed by atoms with van der Waals surface area (Å²) in [5.41, 5.74) is 1.14. The Morgan fingerprint density at radius 1 is 0.500 bits per heavy atom. The van der Waals surface area contributed by atoms with E-state index in [1.807, 2.05) is 0 Å². The summed E-state index contributed by atoms with van der Waals surface area (Å²) >= 11 is 0. The first-order valence-corrected chi connectivity index (χ1v) is 11.9. The molecule has 0 fully saturated rings. The highest BCUT2D eigenvalue weighted by Crippen LogP contribution is 2.33. The van der Waals surface area contributed by atoms with Gasteiger partial charge in [0.2, 0.25) is 0 Å². The molecule has 0 saturated carbocycles. The van der Waals surface area contributed by atoms with Crippen LogP contribution in [0.15, 0.2) is 0 Å². The molecule has 0 saturated heterocycles. The highest BCUT2D eigenvalue weighted by molar-refractivity contribution is 4.74. The van der Waals surface area contributed by atoms with Gasteiger partial charge in [0.15, 0.2) is 0 Å². The van der Waals surface area contributed by atoms with Crippen LogP contribution >= 0.6 is 0 Å². The van der Waals surface area contributed by atoms with Gasteiger partial charge in [-0.25, -0.2) is 0 Å². The third kappa shape index (κ3) is 13.1.